The molecule has 0 spiro atoms. The summed E-state index contributed by atoms with van der Waals surface area (Å²) in [6.07, 6.45) is 0.0883. The average molecular weight is 236 g/mol. The number of hydrogen-bond acceptors (Lipinski definition) is 4. The molecule has 0 bridgehead atoms. The number of carbonyl (C=O) groups excluding carboxylic acids is 1. The molecular formula is C12H13FN2O2. The summed E-state index contributed by atoms with van der Waals surface area (Å²) in [6.45, 7) is 2.05. The minimum absolute atomic E-state index is 0.0883. The molecule has 1 aliphatic rings. The number of nitrogens with zero attached hydrogens (tertiary/aromatic N) is 1. The van der Waals surface area contributed by atoms with Crippen molar-refractivity contribution in [2.75, 3.05) is 6.61 Å². The van der Waals surface area contributed by atoms with Gasteiger partial charge in [-0.05, 0) is 18.6 Å². The smallest absolute Gasteiger partial charge is 0.308 e. The Bertz CT molecular complexity index is 485. The van der Waals surface area contributed by atoms with Gasteiger partial charge in [-0.15, -0.1) is 0 Å². The first-order chi connectivity index (χ1) is 8.13. The molecule has 0 aromatic heterocycles. The Morgan fingerprint density at radius 1 is 1.59 bits per heavy atom. The van der Waals surface area contributed by atoms with E-state index in [1.807, 2.05) is 0 Å². The number of halogens is 1. The van der Waals surface area contributed by atoms with E-state index in [4.69, 9.17) is 10.5 Å². The SMILES string of the molecule is CCOC(=O)CC1N=C(N)c2c(F)cccc21. The molecule has 0 amide bonds. The standard InChI is InChI=1S/C12H13FN2O2/c1-2-17-10(16)6-9-7-4-3-5-8(13)11(7)12(14)15-9/h3-5,9H,2,6H2,1H3,(H2,14,15). The van der Waals surface area contributed by atoms with Crippen molar-refractivity contribution in [3.63, 3.8) is 0 Å². The lowest BCUT2D eigenvalue weighted by Gasteiger charge is -2.08. The lowest BCUT2D eigenvalue weighted by atomic mass is 10.0. The van der Waals surface area contributed by atoms with Crippen molar-refractivity contribution in [2.24, 2.45) is 10.7 Å². The highest BCUT2D eigenvalue weighted by Crippen LogP contribution is 2.32. The van der Waals surface area contributed by atoms with Crippen molar-refractivity contribution in [1.29, 1.82) is 0 Å². The zero-order valence-corrected chi connectivity index (χ0v) is 9.44. The van der Waals surface area contributed by atoms with E-state index in [-0.39, 0.29) is 18.2 Å². The van der Waals surface area contributed by atoms with Crippen LogP contribution in [0.3, 0.4) is 0 Å². The third kappa shape index (κ3) is 2.13. The Labute approximate surface area is 98.3 Å². The minimum Gasteiger partial charge on any atom is -0.466 e. The Balaban J connectivity index is 2.25. The van der Waals surface area contributed by atoms with Gasteiger partial charge in [0.25, 0.3) is 0 Å². The van der Waals surface area contributed by atoms with E-state index in [0.29, 0.717) is 17.7 Å². The van der Waals surface area contributed by atoms with E-state index >= 15 is 0 Å². The summed E-state index contributed by atoms with van der Waals surface area (Å²) in [5.74, 6) is -0.617. The molecule has 0 saturated heterocycles. The number of aliphatic imine (C=N–C) groups is 1. The third-order valence-corrected chi connectivity index (χ3v) is 2.62. The largest absolute Gasteiger partial charge is 0.466 e. The molecule has 5 heteroatoms. The number of fused-ring (bicyclic) bond motifs is 1. The number of amidine groups is 1. The Hall–Kier alpha value is -1.91. The van der Waals surface area contributed by atoms with E-state index in [1.54, 1.807) is 19.1 Å². The summed E-state index contributed by atoms with van der Waals surface area (Å²) < 4.78 is 18.4. The zero-order valence-electron chi connectivity index (χ0n) is 9.44. The first kappa shape index (κ1) is 11.6. The quantitative estimate of drug-likeness (QED) is 0.809. The highest BCUT2D eigenvalue weighted by molar-refractivity contribution is 6.02. The van der Waals surface area contributed by atoms with Gasteiger partial charge in [-0.2, -0.15) is 0 Å². The number of rotatable bonds is 3. The molecule has 4 nitrogen and oxygen atoms in total. The molecule has 1 atom stereocenters. The predicted molar refractivity (Wildman–Crippen MR) is 61.1 cm³/mol. The Morgan fingerprint density at radius 2 is 2.35 bits per heavy atom. The van der Waals surface area contributed by atoms with Crippen molar-refractivity contribution in [1.82, 2.24) is 0 Å². The normalized spacial score (nSPS) is 17.5. The van der Waals surface area contributed by atoms with Crippen LogP contribution >= 0.6 is 0 Å². The van der Waals surface area contributed by atoms with Gasteiger partial charge in [-0.25, -0.2) is 4.39 Å². The van der Waals surface area contributed by atoms with Crippen LogP contribution in [0.5, 0.6) is 0 Å². The van der Waals surface area contributed by atoms with Gasteiger partial charge >= 0.3 is 5.97 Å². The van der Waals surface area contributed by atoms with Crippen LogP contribution in [0.1, 0.15) is 30.5 Å². The highest BCUT2D eigenvalue weighted by Gasteiger charge is 2.28. The predicted octanol–water partition coefficient (Wildman–Crippen LogP) is 1.54. The Morgan fingerprint density at radius 3 is 3.06 bits per heavy atom. The van der Waals surface area contributed by atoms with E-state index in [9.17, 15) is 9.18 Å². The second-order valence-electron chi connectivity index (χ2n) is 3.74. The van der Waals surface area contributed by atoms with Crippen molar-refractivity contribution in [3.8, 4) is 0 Å². The first-order valence-electron chi connectivity index (χ1n) is 5.41. The van der Waals surface area contributed by atoms with E-state index < -0.39 is 11.9 Å². The van der Waals surface area contributed by atoms with Gasteiger partial charge in [0.15, 0.2) is 0 Å². The first-order valence-corrected chi connectivity index (χ1v) is 5.41. The maximum absolute atomic E-state index is 13.5. The average Bonchev–Trinajstić information content (AvgIpc) is 2.57. The van der Waals surface area contributed by atoms with Crippen molar-refractivity contribution in [2.45, 2.75) is 19.4 Å². The third-order valence-electron chi connectivity index (χ3n) is 2.62. The molecule has 1 aromatic rings. The number of nitrogens with two attached hydrogens (primary N) is 1. The van der Waals surface area contributed by atoms with Gasteiger partial charge < -0.3 is 10.5 Å². The van der Waals surface area contributed by atoms with Crippen LogP contribution in [0.4, 0.5) is 4.39 Å². The molecule has 0 saturated carbocycles. The fourth-order valence-electron chi connectivity index (χ4n) is 1.92. The lowest BCUT2D eigenvalue weighted by molar-refractivity contribution is -0.143. The van der Waals surface area contributed by atoms with Gasteiger partial charge in [0, 0.05) is 0 Å². The summed E-state index contributed by atoms with van der Waals surface area (Å²) in [5.41, 5.74) is 6.60. The second kappa shape index (κ2) is 4.53. The van der Waals surface area contributed by atoms with Crippen LogP contribution in [0.2, 0.25) is 0 Å². The topological polar surface area (TPSA) is 64.7 Å². The van der Waals surface area contributed by atoms with E-state index in [0.717, 1.165) is 0 Å². The van der Waals surface area contributed by atoms with Crippen molar-refractivity contribution in [3.05, 3.63) is 35.1 Å². The van der Waals surface area contributed by atoms with Gasteiger partial charge in [-0.1, -0.05) is 12.1 Å². The van der Waals surface area contributed by atoms with Crippen LogP contribution < -0.4 is 5.73 Å². The molecule has 1 aliphatic heterocycles. The molecule has 1 unspecified atom stereocenters. The van der Waals surface area contributed by atoms with Crippen LogP contribution in [0, 0.1) is 5.82 Å². The monoisotopic (exact) mass is 236 g/mol. The van der Waals surface area contributed by atoms with Crippen LogP contribution in [0.15, 0.2) is 23.2 Å². The Kier molecular flexibility index (Phi) is 3.08. The number of ether oxygens (including phenoxy) is 1. The number of carbonyl (C=O) groups is 1. The van der Waals surface area contributed by atoms with Gasteiger partial charge in [0.2, 0.25) is 0 Å². The number of esters is 1. The lowest BCUT2D eigenvalue weighted by Crippen LogP contribution is -2.12. The molecule has 17 heavy (non-hydrogen) atoms. The van der Waals surface area contributed by atoms with Gasteiger partial charge in [0.1, 0.15) is 11.7 Å². The summed E-state index contributed by atoms with van der Waals surface area (Å²) in [4.78, 5) is 15.5. The summed E-state index contributed by atoms with van der Waals surface area (Å²) in [5, 5.41) is 0. The molecule has 1 heterocycles. The van der Waals surface area contributed by atoms with Crippen molar-refractivity contribution >= 4 is 11.8 Å². The molecule has 1 aromatic carbocycles. The molecule has 0 fully saturated rings. The van der Waals surface area contributed by atoms with Gasteiger partial charge in [-0.3, -0.25) is 9.79 Å². The number of benzene rings is 1. The number of hydrogen-bond donors (Lipinski definition) is 1. The summed E-state index contributed by atoms with van der Waals surface area (Å²) >= 11 is 0. The molecule has 2 rings (SSSR count). The fraction of sp³-hybridized carbons (Fsp3) is 0.333. The maximum Gasteiger partial charge on any atom is 0.308 e. The maximum atomic E-state index is 13.5. The van der Waals surface area contributed by atoms with E-state index in [1.165, 1.54) is 6.07 Å². The summed E-state index contributed by atoms with van der Waals surface area (Å²) in [7, 11) is 0. The van der Waals surface area contributed by atoms with Crippen LogP contribution in [-0.2, 0) is 9.53 Å². The van der Waals surface area contributed by atoms with Crippen LogP contribution in [0.25, 0.3) is 0 Å². The molecule has 0 aliphatic carbocycles. The molecule has 0 radical (unpaired) electrons. The zero-order chi connectivity index (χ0) is 12.4. The van der Waals surface area contributed by atoms with Gasteiger partial charge in [0.05, 0.1) is 24.6 Å². The van der Waals surface area contributed by atoms with Crippen molar-refractivity contribution < 1.29 is 13.9 Å². The molecule has 2 N–H and O–H groups in total. The molecule has 90 valence electrons. The van der Waals surface area contributed by atoms with Crippen LogP contribution in [-0.4, -0.2) is 18.4 Å². The molecular weight excluding hydrogens is 223 g/mol. The summed E-state index contributed by atoms with van der Waals surface area (Å²) in [6, 6.07) is 4.21. The fourth-order valence-corrected chi connectivity index (χ4v) is 1.92. The second-order valence-corrected chi connectivity index (χ2v) is 3.74. The highest BCUT2D eigenvalue weighted by atomic mass is 19.1. The van der Waals surface area contributed by atoms with E-state index in [2.05, 4.69) is 4.99 Å². The minimum atomic E-state index is -0.431.